The van der Waals surface area contributed by atoms with E-state index in [4.69, 9.17) is 23.8 Å². The largest absolute Gasteiger partial charge is 0.417 e. The number of para-hydroxylation sites is 1. The minimum Gasteiger partial charge on any atom is -0.332 e. The highest BCUT2D eigenvalue weighted by Crippen LogP contribution is 2.36. The van der Waals surface area contributed by atoms with Crippen LogP contribution in [0.3, 0.4) is 0 Å². The SMILES string of the molecule is O=S(=O)(c1ccc(NC(=S)Nc2ccc(Cl)c(C(F)(F)F)c2)cc1)c1ccc2ccccc2n1. The standard InChI is InChI=1S/C23H15ClF3N3O2S2/c24-19-11-8-16(13-18(19)23(25,26)27)29-22(33)28-15-6-9-17(10-7-15)34(31,32)21-12-5-14-3-1-2-4-20(14)30-21/h1-13H,(H2,28,29,33). The highest BCUT2D eigenvalue weighted by molar-refractivity contribution is 7.91. The van der Waals surface area contributed by atoms with E-state index in [2.05, 4.69) is 15.6 Å². The summed E-state index contributed by atoms with van der Waals surface area (Å²) in [6.45, 7) is 0. The van der Waals surface area contributed by atoms with Gasteiger partial charge in [-0.3, -0.25) is 0 Å². The molecule has 2 N–H and O–H groups in total. The van der Waals surface area contributed by atoms with Gasteiger partial charge in [0, 0.05) is 16.8 Å². The molecule has 0 spiro atoms. The third-order valence-corrected chi connectivity index (χ3v) is 7.00. The van der Waals surface area contributed by atoms with Gasteiger partial charge in [-0.25, -0.2) is 13.4 Å². The number of rotatable bonds is 4. The number of nitrogens with one attached hydrogen (secondary N) is 2. The summed E-state index contributed by atoms with van der Waals surface area (Å²) in [4.78, 5) is 4.28. The Hall–Kier alpha value is -3.21. The quantitative estimate of drug-likeness (QED) is 0.297. The molecule has 0 saturated heterocycles. The van der Waals surface area contributed by atoms with Crippen molar-refractivity contribution in [2.75, 3.05) is 10.6 Å². The van der Waals surface area contributed by atoms with Crippen LogP contribution in [0.5, 0.6) is 0 Å². The first-order chi connectivity index (χ1) is 16.0. The molecule has 0 radical (unpaired) electrons. The first-order valence-electron chi connectivity index (χ1n) is 9.70. The minimum atomic E-state index is -4.61. The molecule has 3 aromatic carbocycles. The van der Waals surface area contributed by atoms with Crippen LogP contribution in [-0.4, -0.2) is 18.5 Å². The number of thiocarbonyl (C=S) groups is 1. The molecule has 1 heterocycles. The van der Waals surface area contributed by atoms with Crippen molar-refractivity contribution in [2.24, 2.45) is 0 Å². The molecule has 34 heavy (non-hydrogen) atoms. The van der Waals surface area contributed by atoms with Gasteiger partial charge in [-0.1, -0.05) is 29.8 Å². The van der Waals surface area contributed by atoms with Crippen LogP contribution in [0.2, 0.25) is 5.02 Å². The van der Waals surface area contributed by atoms with Gasteiger partial charge >= 0.3 is 6.18 Å². The minimum absolute atomic E-state index is 0.0160. The van der Waals surface area contributed by atoms with E-state index in [1.54, 1.807) is 18.2 Å². The molecule has 1 aromatic heterocycles. The molecule has 0 bridgehead atoms. The van der Waals surface area contributed by atoms with Crippen LogP contribution < -0.4 is 10.6 Å². The zero-order valence-electron chi connectivity index (χ0n) is 17.1. The number of pyridine rings is 1. The first kappa shape index (κ1) is 23.9. The van der Waals surface area contributed by atoms with Gasteiger partial charge in [0.05, 0.1) is 21.0 Å². The van der Waals surface area contributed by atoms with E-state index in [1.807, 2.05) is 12.1 Å². The number of nitrogens with zero attached hydrogens (tertiary/aromatic N) is 1. The molecule has 0 aliphatic carbocycles. The van der Waals surface area contributed by atoms with Crippen molar-refractivity contribution >= 4 is 61.0 Å². The number of fused-ring (bicyclic) bond motifs is 1. The highest BCUT2D eigenvalue weighted by Gasteiger charge is 2.33. The van der Waals surface area contributed by atoms with Gasteiger partial charge in [0.15, 0.2) is 10.1 Å². The number of hydrogen-bond acceptors (Lipinski definition) is 4. The second kappa shape index (κ2) is 9.21. The van der Waals surface area contributed by atoms with Crippen molar-refractivity contribution in [1.82, 2.24) is 4.98 Å². The molecule has 0 unspecified atom stereocenters. The van der Waals surface area contributed by atoms with E-state index in [-0.39, 0.29) is 20.7 Å². The normalized spacial score (nSPS) is 11.9. The molecule has 0 amide bonds. The van der Waals surface area contributed by atoms with Crippen LogP contribution in [0, 0.1) is 0 Å². The van der Waals surface area contributed by atoms with Crippen LogP contribution in [0.15, 0.2) is 88.8 Å². The average molecular weight is 522 g/mol. The number of benzene rings is 3. The summed E-state index contributed by atoms with van der Waals surface area (Å²) < 4.78 is 65.0. The Balaban J connectivity index is 1.49. The number of aromatic nitrogens is 1. The molecular formula is C23H15ClF3N3O2S2. The predicted molar refractivity (Wildman–Crippen MR) is 130 cm³/mol. The summed E-state index contributed by atoms with van der Waals surface area (Å²) in [7, 11) is -3.85. The second-order valence-electron chi connectivity index (χ2n) is 7.14. The molecule has 0 aliphatic heterocycles. The Kier molecular flexibility index (Phi) is 6.48. The summed E-state index contributed by atoms with van der Waals surface area (Å²) >= 11 is 10.8. The van der Waals surface area contributed by atoms with Gasteiger partial charge in [-0.2, -0.15) is 13.2 Å². The zero-order chi connectivity index (χ0) is 24.5. The number of sulfone groups is 1. The number of hydrogen-bond donors (Lipinski definition) is 2. The van der Waals surface area contributed by atoms with Crippen molar-refractivity contribution in [1.29, 1.82) is 0 Å². The van der Waals surface area contributed by atoms with Crippen molar-refractivity contribution < 1.29 is 21.6 Å². The molecule has 4 rings (SSSR count). The summed E-state index contributed by atoms with van der Waals surface area (Å²) in [6, 6.07) is 19.4. The van der Waals surface area contributed by atoms with Crippen LogP contribution in [0.1, 0.15) is 5.56 Å². The van der Waals surface area contributed by atoms with E-state index < -0.39 is 26.6 Å². The molecule has 174 valence electrons. The van der Waals surface area contributed by atoms with Gasteiger partial charge in [-0.15, -0.1) is 0 Å². The lowest BCUT2D eigenvalue weighted by molar-refractivity contribution is -0.137. The lowest BCUT2D eigenvalue weighted by Gasteiger charge is -2.14. The maximum absolute atomic E-state index is 13.0. The summed E-state index contributed by atoms with van der Waals surface area (Å²) in [5, 5.41) is 5.79. The topological polar surface area (TPSA) is 71.1 Å². The van der Waals surface area contributed by atoms with E-state index in [9.17, 15) is 21.6 Å². The van der Waals surface area contributed by atoms with Crippen LogP contribution in [-0.2, 0) is 16.0 Å². The maximum atomic E-state index is 13.0. The lowest BCUT2D eigenvalue weighted by atomic mass is 10.2. The lowest BCUT2D eigenvalue weighted by Crippen LogP contribution is -2.19. The highest BCUT2D eigenvalue weighted by atomic mass is 35.5. The molecule has 11 heteroatoms. The van der Waals surface area contributed by atoms with E-state index >= 15 is 0 Å². The smallest absolute Gasteiger partial charge is 0.332 e. The van der Waals surface area contributed by atoms with Gasteiger partial charge in [0.1, 0.15) is 0 Å². The van der Waals surface area contributed by atoms with Gasteiger partial charge in [0.25, 0.3) is 0 Å². The average Bonchev–Trinajstić information content (AvgIpc) is 2.79. The molecule has 0 fully saturated rings. The fraction of sp³-hybridized carbons (Fsp3) is 0.0435. The molecule has 5 nitrogen and oxygen atoms in total. The van der Waals surface area contributed by atoms with Gasteiger partial charge < -0.3 is 10.6 Å². The summed E-state index contributed by atoms with van der Waals surface area (Å²) in [5.41, 5.74) is 0.108. The fourth-order valence-corrected chi connectivity index (χ4v) is 4.81. The Morgan fingerprint density at radius 3 is 2.24 bits per heavy atom. The monoisotopic (exact) mass is 521 g/mol. The summed E-state index contributed by atoms with van der Waals surface area (Å²) in [6.07, 6.45) is -4.61. The number of alkyl halides is 3. The number of halogens is 4. The molecule has 4 aromatic rings. The molecule has 0 atom stereocenters. The summed E-state index contributed by atoms with van der Waals surface area (Å²) in [5.74, 6) is 0. The predicted octanol–water partition coefficient (Wildman–Crippen LogP) is 6.55. The third kappa shape index (κ3) is 5.14. The van der Waals surface area contributed by atoms with Gasteiger partial charge in [-0.05, 0) is 72.9 Å². The van der Waals surface area contributed by atoms with Crippen molar-refractivity contribution in [3.8, 4) is 0 Å². The Morgan fingerprint density at radius 1 is 0.882 bits per heavy atom. The number of anilines is 2. The van der Waals surface area contributed by atoms with Crippen LogP contribution >= 0.6 is 23.8 Å². The molecule has 0 saturated carbocycles. The van der Waals surface area contributed by atoms with Crippen molar-refractivity contribution in [2.45, 2.75) is 16.1 Å². The van der Waals surface area contributed by atoms with E-state index in [1.165, 1.54) is 36.4 Å². The Bertz CT molecular complexity index is 1490. The van der Waals surface area contributed by atoms with Crippen molar-refractivity contribution in [3.05, 3.63) is 89.4 Å². The fourth-order valence-electron chi connectivity index (χ4n) is 3.15. The van der Waals surface area contributed by atoms with E-state index in [0.29, 0.717) is 11.2 Å². The molecular weight excluding hydrogens is 507 g/mol. The van der Waals surface area contributed by atoms with E-state index in [0.717, 1.165) is 17.5 Å². The van der Waals surface area contributed by atoms with Crippen molar-refractivity contribution in [3.63, 3.8) is 0 Å². The zero-order valence-corrected chi connectivity index (χ0v) is 19.5. The Morgan fingerprint density at radius 2 is 1.53 bits per heavy atom. The van der Waals surface area contributed by atoms with Crippen LogP contribution in [0.4, 0.5) is 24.5 Å². The Labute approximate surface area is 203 Å². The second-order valence-corrected chi connectivity index (χ2v) is 9.85. The van der Waals surface area contributed by atoms with Gasteiger partial charge in [0.2, 0.25) is 9.84 Å². The van der Waals surface area contributed by atoms with Crippen LogP contribution in [0.25, 0.3) is 10.9 Å². The third-order valence-electron chi connectivity index (χ3n) is 4.80. The molecule has 0 aliphatic rings. The maximum Gasteiger partial charge on any atom is 0.417 e. The first-order valence-corrected chi connectivity index (χ1v) is 12.0.